The average Bonchev–Trinajstić information content (AvgIpc) is 2.38. The molecule has 20 heavy (non-hydrogen) atoms. The van der Waals surface area contributed by atoms with Crippen LogP contribution in [-0.2, 0) is 16.4 Å². The van der Waals surface area contributed by atoms with Crippen LogP contribution in [0.25, 0.3) is 0 Å². The molecule has 0 bridgehead atoms. The van der Waals surface area contributed by atoms with Crippen molar-refractivity contribution < 1.29 is 8.42 Å². The van der Waals surface area contributed by atoms with Crippen LogP contribution in [0.4, 0.5) is 5.69 Å². The fraction of sp³-hybridized carbons (Fsp3) is 0.600. The van der Waals surface area contributed by atoms with E-state index in [1.54, 1.807) is 18.2 Å². The highest BCUT2D eigenvalue weighted by molar-refractivity contribution is 7.89. The van der Waals surface area contributed by atoms with E-state index in [2.05, 4.69) is 11.6 Å². The van der Waals surface area contributed by atoms with Crippen LogP contribution in [0.2, 0.25) is 0 Å². The molecule has 0 radical (unpaired) electrons. The summed E-state index contributed by atoms with van der Waals surface area (Å²) in [5, 5.41) is 0. The van der Waals surface area contributed by atoms with Gasteiger partial charge in [-0.05, 0) is 42.9 Å². The molecule has 2 rings (SSSR count). The molecule has 0 aromatic heterocycles. The summed E-state index contributed by atoms with van der Waals surface area (Å²) in [4.78, 5) is 0.332. The zero-order chi connectivity index (χ0) is 14.8. The molecule has 3 N–H and O–H groups in total. The second-order valence-electron chi connectivity index (χ2n) is 5.81. The molecule has 2 atom stereocenters. The quantitative estimate of drug-likeness (QED) is 0.839. The van der Waals surface area contributed by atoms with Crippen molar-refractivity contribution in [3.8, 4) is 0 Å². The second-order valence-corrected chi connectivity index (χ2v) is 7.49. The highest BCUT2D eigenvalue weighted by atomic mass is 32.2. The van der Waals surface area contributed by atoms with Crippen molar-refractivity contribution in [2.75, 3.05) is 5.73 Å². The molecule has 0 saturated heterocycles. The van der Waals surface area contributed by atoms with Gasteiger partial charge in [0.05, 0.1) is 4.90 Å². The molecule has 1 saturated carbocycles. The Kier molecular flexibility index (Phi) is 4.70. The lowest BCUT2D eigenvalue weighted by atomic mass is 9.88. The summed E-state index contributed by atoms with van der Waals surface area (Å²) in [6, 6.07) is 5.16. The lowest BCUT2D eigenvalue weighted by Gasteiger charge is -2.27. The molecule has 112 valence electrons. The molecule has 1 fully saturated rings. The second kappa shape index (κ2) is 6.14. The maximum absolute atomic E-state index is 12.6. The first kappa shape index (κ1) is 15.3. The van der Waals surface area contributed by atoms with E-state index < -0.39 is 10.0 Å². The predicted molar refractivity (Wildman–Crippen MR) is 82.0 cm³/mol. The van der Waals surface area contributed by atoms with Gasteiger partial charge in [0.25, 0.3) is 0 Å². The van der Waals surface area contributed by atoms with Gasteiger partial charge in [-0.25, -0.2) is 13.1 Å². The number of hydrogen-bond donors (Lipinski definition) is 2. The third-order valence-electron chi connectivity index (χ3n) is 4.02. The number of nitrogen functional groups attached to an aromatic ring is 1. The van der Waals surface area contributed by atoms with Crippen molar-refractivity contribution in [2.24, 2.45) is 5.92 Å². The fourth-order valence-electron chi connectivity index (χ4n) is 2.94. The van der Waals surface area contributed by atoms with Crippen molar-refractivity contribution in [3.63, 3.8) is 0 Å². The van der Waals surface area contributed by atoms with Gasteiger partial charge in [0, 0.05) is 11.7 Å². The Morgan fingerprint density at radius 1 is 1.35 bits per heavy atom. The van der Waals surface area contributed by atoms with Crippen LogP contribution in [0.1, 0.15) is 45.1 Å². The van der Waals surface area contributed by atoms with Crippen LogP contribution < -0.4 is 10.5 Å². The summed E-state index contributed by atoms with van der Waals surface area (Å²) in [7, 11) is -3.48. The predicted octanol–water partition coefficient (Wildman–Crippen LogP) is 2.69. The van der Waals surface area contributed by atoms with Crippen LogP contribution in [0.3, 0.4) is 0 Å². The number of hydrogen-bond acceptors (Lipinski definition) is 3. The van der Waals surface area contributed by atoms with Gasteiger partial charge in [-0.15, -0.1) is 0 Å². The van der Waals surface area contributed by atoms with E-state index in [4.69, 9.17) is 5.73 Å². The molecule has 1 aliphatic rings. The summed E-state index contributed by atoms with van der Waals surface area (Å²) in [5.74, 6) is 0.586. The van der Waals surface area contributed by atoms with E-state index >= 15 is 0 Å². The smallest absolute Gasteiger partial charge is 0.241 e. The van der Waals surface area contributed by atoms with Crippen molar-refractivity contribution >= 4 is 15.7 Å². The Bertz CT molecular complexity index is 569. The third-order valence-corrected chi connectivity index (χ3v) is 5.62. The topological polar surface area (TPSA) is 72.2 Å². The third kappa shape index (κ3) is 3.52. The van der Waals surface area contributed by atoms with E-state index in [0.29, 0.717) is 22.9 Å². The molecule has 1 aliphatic carbocycles. The molecule has 0 aliphatic heterocycles. The minimum absolute atomic E-state index is 0.0508. The molecular formula is C15H24N2O2S. The number of nitrogens with one attached hydrogen (secondary N) is 1. The highest BCUT2D eigenvalue weighted by Crippen LogP contribution is 2.26. The van der Waals surface area contributed by atoms with Crippen LogP contribution in [0.5, 0.6) is 0 Å². The largest absolute Gasteiger partial charge is 0.399 e. The first-order valence-corrected chi connectivity index (χ1v) is 8.81. The molecule has 1 aromatic carbocycles. The van der Waals surface area contributed by atoms with E-state index in [-0.39, 0.29) is 6.04 Å². The first-order valence-electron chi connectivity index (χ1n) is 7.33. The summed E-state index contributed by atoms with van der Waals surface area (Å²) >= 11 is 0. The standard InChI is InChI=1S/C15H24N2O2S/c1-3-12-7-8-13(16)10-15(12)20(18,19)17-14-6-4-5-11(2)9-14/h7-8,10-11,14,17H,3-6,9,16H2,1-2H3. The van der Waals surface area contributed by atoms with E-state index in [0.717, 1.165) is 24.8 Å². The lowest BCUT2D eigenvalue weighted by molar-refractivity contribution is 0.327. The van der Waals surface area contributed by atoms with Crippen LogP contribution in [-0.4, -0.2) is 14.5 Å². The Labute approximate surface area is 121 Å². The normalized spacial score (nSPS) is 23.7. The maximum atomic E-state index is 12.6. The van der Waals surface area contributed by atoms with Gasteiger partial charge in [0.15, 0.2) is 0 Å². The van der Waals surface area contributed by atoms with Gasteiger partial charge in [-0.1, -0.05) is 32.8 Å². The van der Waals surface area contributed by atoms with Crippen molar-refractivity contribution in [1.29, 1.82) is 0 Å². The van der Waals surface area contributed by atoms with Crippen LogP contribution in [0, 0.1) is 5.92 Å². The minimum Gasteiger partial charge on any atom is -0.399 e. The zero-order valence-corrected chi connectivity index (χ0v) is 13.0. The molecule has 2 unspecified atom stereocenters. The molecule has 0 spiro atoms. The number of aryl methyl sites for hydroxylation is 1. The van der Waals surface area contributed by atoms with E-state index in [9.17, 15) is 8.42 Å². The van der Waals surface area contributed by atoms with Crippen molar-refractivity contribution in [3.05, 3.63) is 23.8 Å². The maximum Gasteiger partial charge on any atom is 0.241 e. The summed E-state index contributed by atoms with van der Waals surface area (Å²) < 4.78 is 28.0. The summed E-state index contributed by atoms with van der Waals surface area (Å²) in [6.45, 7) is 4.13. The zero-order valence-electron chi connectivity index (χ0n) is 12.2. The highest BCUT2D eigenvalue weighted by Gasteiger charge is 2.26. The number of nitrogens with two attached hydrogens (primary N) is 1. The Morgan fingerprint density at radius 3 is 2.75 bits per heavy atom. The van der Waals surface area contributed by atoms with Gasteiger partial charge in [-0.3, -0.25) is 0 Å². The Morgan fingerprint density at radius 2 is 2.10 bits per heavy atom. The fourth-order valence-corrected chi connectivity index (χ4v) is 4.57. The number of benzene rings is 1. The van der Waals surface area contributed by atoms with E-state index in [1.807, 2.05) is 6.92 Å². The van der Waals surface area contributed by atoms with Gasteiger partial charge in [0.1, 0.15) is 0 Å². The van der Waals surface area contributed by atoms with Gasteiger partial charge >= 0.3 is 0 Å². The van der Waals surface area contributed by atoms with Gasteiger partial charge in [0.2, 0.25) is 10.0 Å². The first-order chi connectivity index (χ1) is 9.42. The molecule has 5 heteroatoms. The van der Waals surface area contributed by atoms with E-state index in [1.165, 1.54) is 6.42 Å². The number of anilines is 1. The lowest BCUT2D eigenvalue weighted by Crippen LogP contribution is -2.38. The van der Waals surface area contributed by atoms with Gasteiger partial charge < -0.3 is 5.73 Å². The number of rotatable bonds is 4. The average molecular weight is 296 g/mol. The molecule has 4 nitrogen and oxygen atoms in total. The van der Waals surface area contributed by atoms with Crippen molar-refractivity contribution in [1.82, 2.24) is 4.72 Å². The molecule has 0 amide bonds. The summed E-state index contributed by atoms with van der Waals surface area (Å²) in [6.07, 6.45) is 4.80. The monoisotopic (exact) mass is 296 g/mol. The minimum atomic E-state index is -3.48. The number of sulfonamides is 1. The molecule has 0 heterocycles. The van der Waals surface area contributed by atoms with Crippen molar-refractivity contribution in [2.45, 2.75) is 56.9 Å². The molecular weight excluding hydrogens is 272 g/mol. The summed E-state index contributed by atoms with van der Waals surface area (Å²) in [5.41, 5.74) is 7.04. The van der Waals surface area contributed by atoms with Crippen LogP contribution in [0.15, 0.2) is 23.1 Å². The molecule has 1 aromatic rings. The SMILES string of the molecule is CCc1ccc(N)cc1S(=O)(=O)NC1CCCC(C)C1. The Hall–Kier alpha value is -1.07. The Balaban J connectivity index is 2.24. The van der Waals surface area contributed by atoms with Crippen LogP contribution >= 0.6 is 0 Å². The van der Waals surface area contributed by atoms with Gasteiger partial charge in [-0.2, -0.15) is 0 Å².